The van der Waals surface area contributed by atoms with Gasteiger partial charge in [0.15, 0.2) is 11.0 Å². The Balaban J connectivity index is 2.71. The molecule has 0 aliphatic heterocycles. The summed E-state index contributed by atoms with van der Waals surface area (Å²) in [4.78, 5) is 7.79. The minimum atomic E-state index is -3.96. The molecule has 0 aromatic carbocycles. The number of nitrogens with zero attached hydrogens (tertiary/aromatic N) is 4. The van der Waals surface area contributed by atoms with Crippen molar-refractivity contribution in [3.63, 3.8) is 0 Å². The summed E-state index contributed by atoms with van der Waals surface area (Å²) in [6.45, 7) is 3.54. The molecule has 0 radical (unpaired) electrons. The summed E-state index contributed by atoms with van der Waals surface area (Å²) in [5.41, 5.74) is 1.01. The lowest BCUT2D eigenvalue weighted by Crippen LogP contribution is -2.01. The first-order valence-electron chi connectivity index (χ1n) is 5.35. The number of hydrogen-bond acceptors (Lipinski definition) is 5. The van der Waals surface area contributed by atoms with Crippen LogP contribution in [0.5, 0.6) is 0 Å². The first-order valence-corrected chi connectivity index (χ1v) is 8.04. The first-order chi connectivity index (χ1) is 8.84. The molecule has 0 spiro atoms. The molecule has 9 heteroatoms. The van der Waals surface area contributed by atoms with Gasteiger partial charge in [-0.1, -0.05) is 18.5 Å². The van der Waals surface area contributed by atoms with Gasteiger partial charge in [0.1, 0.15) is 11.2 Å². The minimum Gasteiger partial charge on any atom is -0.242 e. The molecule has 0 saturated heterocycles. The monoisotopic (exact) mass is 320 g/mol. The molecule has 0 saturated carbocycles. The van der Waals surface area contributed by atoms with Crippen molar-refractivity contribution >= 4 is 31.3 Å². The molecule has 102 valence electrons. The van der Waals surface area contributed by atoms with E-state index >= 15 is 0 Å². The van der Waals surface area contributed by atoms with E-state index in [2.05, 4.69) is 15.1 Å². The Hall–Kier alpha value is -1.18. The summed E-state index contributed by atoms with van der Waals surface area (Å²) in [5.74, 6) is 0.388. The van der Waals surface area contributed by atoms with Gasteiger partial charge in [-0.25, -0.2) is 23.1 Å². The Kier molecular flexibility index (Phi) is 3.80. The van der Waals surface area contributed by atoms with Gasteiger partial charge in [-0.15, -0.1) is 0 Å². The van der Waals surface area contributed by atoms with Crippen molar-refractivity contribution in [3.8, 4) is 5.82 Å². The lowest BCUT2D eigenvalue weighted by Gasteiger charge is -2.02. The molecule has 0 unspecified atom stereocenters. The molecule has 0 aliphatic rings. The molecule has 2 aromatic rings. The van der Waals surface area contributed by atoms with Crippen molar-refractivity contribution in [1.82, 2.24) is 19.7 Å². The van der Waals surface area contributed by atoms with Gasteiger partial charge in [-0.3, -0.25) is 0 Å². The van der Waals surface area contributed by atoms with Crippen LogP contribution in [0, 0.1) is 6.92 Å². The van der Waals surface area contributed by atoms with E-state index in [0.29, 0.717) is 23.6 Å². The van der Waals surface area contributed by atoms with Crippen LogP contribution in [-0.4, -0.2) is 28.2 Å². The van der Waals surface area contributed by atoms with Crippen LogP contribution in [0.3, 0.4) is 0 Å². The lowest BCUT2D eigenvalue weighted by atomic mass is 10.3. The molecule has 6 nitrogen and oxygen atoms in total. The smallest absolute Gasteiger partial charge is 0.242 e. The molecule has 19 heavy (non-hydrogen) atoms. The zero-order valence-electron chi connectivity index (χ0n) is 10.1. The highest BCUT2D eigenvalue weighted by atomic mass is 35.7. The van der Waals surface area contributed by atoms with E-state index in [1.165, 1.54) is 11.0 Å². The van der Waals surface area contributed by atoms with E-state index in [0.717, 1.165) is 0 Å². The van der Waals surface area contributed by atoms with Crippen molar-refractivity contribution in [2.24, 2.45) is 0 Å². The molecular weight excluding hydrogens is 311 g/mol. The molecular formula is C10H10Cl2N4O2S. The van der Waals surface area contributed by atoms with Crippen LogP contribution in [0.25, 0.3) is 5.82 Å². The second kappa shape index (κ2) is 5.07. The minimum absolute atomic E-state index is 0.0787. The second-order valence-electron chi connectivity index (χ2n) is 3.79. The third-order valence-corrected chi connectivity index (χ3v) is 4.28. The van der Waals surface area contributed by atoms with Gasteiger partial charge in [-0.05, 0) is 13.3 Å². The van der Waals surface area contributed by atoms with Gasteiger partial charge in [0, 0.05) is 22.4 Å². The zero-order chi connectivity index (χ0) is 14.2. The third-order valence-electron chi connectivity index (χ3n) is 2.44. The molecule has 0 fully saturated rings. The third kappa shape index (κ3) is 2.72. The van der Waals surface area contributed by atoms with Crippen molar-refractivity contribution in [1.29, 1.82) is 0 Å². The zero-order valence-corrected chi connectivity index (χ0v) is 12.5. The maximum atomic E-state index is 11.5. The van der Waals surface area contributed by atoms with E-state index in [1.807, 2.05) is 0 Å². The average molecular weight is 321 g/mol. The van der Waals surface area contributed by atoms with Crippen LogP contribution in [0.4, 0.5) is 0 Å². The molecule has 2 aromatic heterocycles. The summed E-state index contributed by atoms with van der Waals surface area (Å²) < 4.78 is 24.3. The summed E-state index contributed by atoms with van der Waals surface area (Å²) >= 11 is 6.06. The average Bonchev–Trinajstić information content (AvgIpc) is 2.66. The summed E-state index contributed by atoms with van der Waals surface area (Å²) in [5, 5.41) is 4.06. The predicted octanol–water partition coefficient (Wildman–Crippen LogP) is 2.11. The van der Waals surface area contributed by atoms with E-state index in [1.54, 1.807) is 19.9 Å². The number of aromatic nitrogens is 4. The highest BCUT2D eigenvalue weighted by Crippen LogP contribution is 2.30. The van der Waals surface area contributed by atoms with Crippen LogP contribution in [0.1, 0.15) is 18.3 Å². The largest absolute Gasteiger partial charge is 0.266 e. The van der Waals surface area contributed by atoms with E-state index in [9.17, 15) is 8.42 Å². The topological polar surface area (TPSA) is 77.7 Å². The van der Waals surface area contributed by atoms with Gasteiger partial charge < -0.3 is 0 Å². The van der Waals surface area contributed by atoms with Crippen LogP contribution >= 0.6 is 22.3 Å². The Bertz CT molecular complexity index is 727. The number of aryl methyl sites for hydroxylation is 2. The SMILES string of the molecule is CCc1nn(-c2cc(C)ncn2)c(Cl)c1S(=O)(=O)Cl. The van der Waals surface area contributed by atoms with Gasteiger partial charge >= 0.3 is 0 Å². The number of halogens is 2. The highest BCUT2D eigenvalue weighted by molar-refractivity contribution is 8.13. The van der Waals surface area contributed by atoms with Crippen molar-refractivity contribution in [2.45, 2.75) is 25.2 Å². The summed E-state index contributed by atoms with van der Waals surface area (Å²) in [6.07, 6.45) is 1.74. The molecule has 0 amide bonds. The Morgan fingerprint density at radius 3 is 2.53 bits per heavy atom. The summed E-state index contributed by atoms with van der Waals surface area (Å²) in [6, 6.07) is 1.64. The Labute approximate surface area is 119 Å². The van der Waals surface area contributed by atoms with Crippen LogP contribution < -0.4 is 0 Å². The van der Waals surface area contributed by atoms with Crippen molar-refractivity contribution < 1.29 is 8.42 Å². The maximum Gasteiger partial charge on any atom is 0.266 e. The second-order valence-corrected chi connectivity index (χ2v) is 6.65. The number of hydrogen-bond donors (Lipinski definition) is 0. The highest BCUT2D eigenvalue weighted by Gasteiger charge is 2.26. The molecule has 2 rings (SSSR count). The Morgan fingerprint density at radius 1 is 1.37 bits per heavy atom. The molecule has 0 N–H and O–H groups in total. The lowest BCUT2D eigenvalue weighted by molar-refractivity contribution is 0.608. The molecule has 0 bridgehead atoms. The van der Waals surface area contributed by atoms with E-state index in [4.69, 9.17) is 22.3 Å². The fourth-order valence-corrected chi connectivity index (χ4v) is 3.50. The van der Waals surface area contributed by atoms with Crippen LogP contribution in [0.15, 0.2) is 17.3 Å². The Morgan fingerprint density at radius 2 is 2.05 bits per heavy atom. The van der Waals surface area contributed by atoms with Gasteiger partial charge in [0.25, 0.3) is 9.05 Å². The van der Waals surface area contributed by atoms with Crippen LogP contribution in [0.2, 0.25) is 5.15 Å². The predicted molar refractivity (Wildman–Crippen MR) is 71.3 cm³/mol. The van der Waals surface area contributed by atoms with Gasteiger partial charge in [-0.2, -0.15) is 5.10 Å². The van der Waals surface area contributed by atoms with Gasteiger partial charge in [0.2, 0.25) is 0 Å². The van der Waals surface area contributed by atoms with Gasteiger partial charge in [0.05, 0.1) is 5.69 Å². The van der Waals surface area contributed by atoms with Crippen molar-refractivity contribution in [2.75, 3.05) is 0 Å². The molecule has 2 heterocycles. The number of rotatable bonds is 3. The van der Waals surface area contributed by atoms with Crippen molar-refractivity contribution in [3.05, 3.63) is 28.9 Å². The fourth-order valence-electron chi connectivity index (χ4n) is 1.61. The standard InChI is InChI=1S/C10H10Cl2N4O2S/c1-3-7-9(19(12,17)18)10(11)16(15-7)8-4-6(2)13-5-14-8/h4-5H,3H2,1-2H3. The normalized spacial score (nSPS) is 11.8. The molecule has 0 atom stereocenters. The summed E-state index contributed by atoms with van der Waals surface area (Å²) in [7, 11) is 1.42. The fraction of sp³-hybridized carbons (Fsp3) is 0.300. The maximum absolute atomic E-state index is 11.5. The van der Waals surface area contributed by atoms with E-state index in [-0.39, 0.29) is 10.0 Å². The van der Waals surface area contributed by atoms with Crippen LogP contribution in [-0.2, 0) is 15.5 Å². The van der Waals surface area contributed by atoms with E-state index < -0.39 is 9.05 Å². The first kappa shape index (κ1) is 14.2. The quantitative estimate of drug-likeness (QED) is 0.809. The molecule has 0 aliphatic carbocycles.